The molecule has 18 heavy (non-hydrogen) atoms. The van der Waals surface area contributed by atoms with Crippen molar-refractivity contribution in [1.29, 1.82) is 0 Å². The number of piperidine rings is 1. The van der Waals surface area contributed by atoms with Crippen LogP contribution < -0.4 is 5.32 Å². The van der Waals surface area contributed by atoms with E-state index in [1.807, 2.05) is 0 Å². The van der Waals surface area contributed by atoms with Crippen LogP contribution >= 0.6 is 0 Å². The van der Waals surface area contributed by atoms with Crippen LogP contribution in [0.15, 0.2) is 0 Å². The molecule has 0 aromatic rings. The normalized spacial score (nSPS) is 26.5. The van der Waals surface area contributed by atoms with Crippen LogP contribution in [0.1, 0.15) is 46.5 Å². The fraction of sp³-hybridized carbons (Fsp3) is 1.00. The molecule has 0 amide bonds. The van der Waals surface area contributed by atoms with E-state index in [1.165, 1.54) is 38.8 Å². The summed E-state index contributed by atoms with van der Waals surface area (Å²) in [4.78, 5) is 2.60. The molecule has 1 atom stereocenters. The molecular weight excluding hydrogens is 224 g/mol. The van der Waals surface area contributed by atoms with Crippen molar-refractivity contribution in [2.75, 3.05) is 32.8 Å². The Morgan fingerprint density at radius 2 is 2.06 bits per heavy atom. The lowest BCUT2D eigenvalue weighted by Gasteiger charge is -2.38. The van der Waals surface area contributed by atoms with Crippen LogP contribution in [0, 0.1) is 5.41 Å². The molecule has 106 valence electrons. The second-order valence-electron chi connectivity index (χ2n) is 6.77. The van der Waals surface area contributed by atoms with Crippen LogP contribution in [0.3, 0.4) is 0 Å². The van der Waals surface area contributed by atoms with Crippen LogP contribution in [0.5, 0.6) is 0 Å². The average molecular weight is 254 g/mol. The third-order valence-electron chi connectivity index (χ3n) is 3.96. The first-order chi connectivity index (χ1) is 8.59. The minimum absolute atomic E-state index is 0.372. The Bertz CT molecular complexity index is 249. The molecule has 0 bridgehead atoms. The quantitative estimate of drug-likeness (QED) is 0.754. The van der Waals surface area contributed by atoms with E-state index in [2.05, 4.69) is 31.0 Å². The SMILES string of the molecule is CCOC1CCCN(CC(C)(C)CNC2CC2)C1. The predicted molar refractivity (Wildman–Crippen MR) is 75.9 cm³/mol. The van der Waals surface area contributed by atoms with E-state index in [9.17, 15) is 0 Å². The van der Waals surface area contributed by atoms with Crippen molar-refractivity contribution in [1.82, 2.24) is 10.2 Å². The molecule has 3 nitrogen and oxygen atoms in total. The van der Waals surface area contributed by atoms with E-state index in [0.29, 0.717) is 11.5 Å². The number of hydrogen-bond acceptors (Lipinski definition) is 3. The van der Waals surface area contributed by atoms with Gasteiger partial charge in [0.25, 0.3) is 0 Å². The summed E-state index contributed by atoms with van der Waals surface area (Å²) in [5.74, 6) is 0. The zero-order valence-electron chi connectivity index (χ0n) is 12.4. The Kier molecular flexibility index (Phi) is 5.05. The smallest absolute Gasteiger partial charge is 0.0702 e. The van der Waals surface area contributed by atoms with Crippen molar-refractivity contribution < 1.29 is 4.74 Å². The van der Waals surface area contributed by atoms with Gasteiger partial charge in [-0.3, -0.25) is 0 Å². The molecule has 0 aromatic heterocycles. The third-order valence-corrected chi connectivity index (χ3v) is 3.96. The van der Waals surface area contributed by atoms with Gasteiger partial charge in [-0.15, -0.1) is 0 Å². The van der Waals surface area contributed by atoms with Crippen molar-refractivity contribution >= 4 is 0 Å². The highest BCUT2D eigenvalue weighted by Gasteiger charge is 2.29. The Labute approximate surface area is 112 Å². The number of nitrogens with zero attached hydrogens (tertiary/aromatic N) is 1. The minimum Gasteiger partial charge on any atom is -0.377 e. The van der Waals surface area contributed by atoms with E-state index < -0.39 is 0 Å². The zero-order valence-corrected chi connectivity index (χ0v) is 12.4. The second kappa shape index (κ2) is 6.36. The van der Waals surface area contributed by atoms with Gasteiger partial charge in [0.2, 0.25) is 0 Å². The number of likely N-dealkylation sites (tertiary alicyclic amines) is 1. The van der Waals surface area contributed by atoms with Crippen LogP contribution in [0.4, 0.5) is 0 Å². The summed E-state index contributed by atoms with van der Waals surface area (Å²) in [6, 6.07) is 0.821. The molecule has 1 aliphatic carbocycles. The fourth-order valence-electron chi connectivity index (χ4n) is 2.90. The Hall–Kier alpha value is -0.120. The molecule has 0 spiro atoms. The van der Waals surface area contributed by atoms with Crippen molar-refractivity contribution in [3.05, 3.63) is 0 Å². The van der Waals surface area contributed by atoms with Gasteiger partial charge in [0.05, 0.1) is 6.10 Å². The topological polar surface area (TPSA) is 24.5 Å². The molecule has 1 aliphatic heterocycles. The van der Waals surface area contributed by atoms with E-state index in [4.69, 9.17) is 4.74 Å². The van der Waals surface area contributed by atoms with Crippen molar-refractivity contribution in [3.8, 4) is 0 Å². The van der Waals surface area contributed by atoms with Gasteiger partial charge in [0.1, 0.15) is 0 Å². The summed E-state index contributed by atoms with van der Waals surface area (Å²) in [5.41, 5.74) is 0.372. The maximum Gasteiger partial charge on any atom is 0.0702 e. The van der Waals surface area contributed by atoms with Crippen molar-refractivity contribution in [2.45, 2.75) is 58.6 Å². The van der Waals surface area contributed by atoms with Gasteiger partial charge in [0, 0.05) is 32.3 Å². The number of hydrogen-bond donors (Lipinski definition) is 1. The molecule has 2 rings (SSSR count). The first-order valence-corrected chi connectivity index (χ1v) is 7.66. The maximum absolute atomic E-state index is 5.78. The third kappa shape index (κ3) is 4.87. The van der Waals surface area contributed by atoms with Gasteiger partial charge in [0.15, 0.2) is 0 Å². The molecule has 1 N–H and O–H groups in total. The largest absolute Gasteiger partial charge is 0.377 e. The summed E-state index contributed by atoms with van der Waals surface area (Å²) < 4.78 is 5.78. The molecule has 1 heterocycles. The first-order valence-electron chi connectivity index (χ1n) is 7.66. The monoisotopic (exact) mass is 254 g/mol. The highest BCUT2D eigenvalue weighted by Crippen LogP contribution is 2.24. The molecule has 2 aliphatic rings. The molecule has 2 fully saturated rings. The summed E-state index contributed by atoms with van der Waals surface area (Å²) in [5, 5.41) is 3.66. The summed E-state index contributed by atoms with van der Waals surface area (Å²) in [6.45, 7) is 12.4. The van der Waals surface area contributed by atoms with Gasteiger partial charge in [-0.25, -0.2) is 0 Å². The van der Waals surface area contributed by atoms with Crippen LogP contribution in [-0.4, -0.2) is 49.8 Å². The molecule has 0 radical (unpaired) electrons. The number of nitrogens with one attached hydrogen (secondary N) is 1. The Balaban J connectivity index is 1.72. The molecular formula is C15H30N2O. The zero-order chi connectivity index (χ0) is 13.0. The molecule has 3 heteroatoms. The standard InChI is InChI=1S/C15H30N2O/c1-4-18-14-6-5-9-17(10-14)12-15(2,3)11-16-13-7-8-13/h13-14,16H,4-12H2,1-3H3. The van der Waals surface area contributed by atoms with Crippen LogP contribution in [0.2, 0.25) is 0 Å². The molecule has 1 unspecified atom stereocenters. The Morgan fingerprint density at radius 3 is 2.72 bits per heavy atom. The Morgan fingerprint density at radius 1 is 1.28 bits per heavy atom. The van der Waals surface area contributed by atoms with Gasteiger partial charge in [-0.1, -0.05) is 13.8 Å². The van der Waals surface area contributed by atoms with E-state index >= 15 is 0 Å². The molecule has 1 saturated carbocycles. The first kappa shape index (κ1) is 14.3. The lowest BCUT2D eigenvalue weighted by molar-refractivity contribution is -0.00363. The van der Waals surface area contributed by atoms with Crippen molar-refractivity contribution in [3.63, 3.8) is 0 Å². The summed E-state index contributed by atoms with van der Waals surface area (Å²) in [7, 11) is 0. The van der Waals surface area contributed by atoms with E-state index in [-0.39, 0.29) is 0 Å². The number of rotatable bonds is 7. The maximum atomic E-state index is 5.78. The summed E-state index contributed by atoms with van der Waals surface area (Å²) >= 11 is 0. The van der Waals surface area contributed by atoms with Gasteiger partial charge < -0.3 is 15.0 Å². The average Bonchev–Trinajstić information content (AvgIpc) is 3.10. The van der Waals surface area contributed by atoms with Crippen molar-refractivity contribution in [2.24, 2.45) is 5.41 Å². The van der Waals surface area contributed by atoms with E-state index in [0.717, 1.165) is 25.7 Å². The number of ether oxygens (including phenoxy) is 1. The van der Waals surface area contributed by atoms with Gasteiger partial charge in [-0.05, 0) is 44.6 Å². The van der Waals surface area contributed by atoms with Gasteiger partial charge in [-0.2, -0.15) is 0 Å². The molecule has 0 aromatic carbocycles. The highest BCUT2D eigenvalue weighted by atomic mass is 16.5. The minimum atomic E-state index is 0.372. The second-order valence-corrected chi connectivity index (χ2v) is 6.77. The predicted octanol–water partition coefficient (Wildman–Crippen LogP) is 2.27. The van der Waals surface area contributed by atoms with Gasteiger partial charge >= 0.3 is 0 Å². The lowest BCUT2D eigenvalue weighted by atomic mass is 9.91. The van der Waals surface area contributed by atoms with E-state index in [1.54, 1.807) is 0 Å². The summed E-state index contributed by atoms with van der Waals surface area (Å²) in [6.07, 6.45) is 5.76. The fourth-order valence-corrected chi connectivity index (χ4v) is 2.90. The lowest BCUT2D eigenvalue weighted by Crippen LogP contribution is -2.46. The van der Waals surface area contributed by atoms with Crippen LogP contribution in [0.25, 0.3) is 0 Å². The molecule has 1 saturated heterocycles. The highest BCUT2D eigenvalue weighted by molar-refractivity contribution is 4.86. The van der Waals surface area contributed by atoms with Crippen LogP contribution in [-0.2, 0) is 4.74 Å².